The van der Waals surface area contributed by atoms with Gasteiger partial charge < -0.3 is 9.63 Å². The van der Waals surface area contributed by atoms with Gasteiger partial charge in [0.15, 0.2) is 5.76 Å². The Hall–Kier alpha value is -1.36. The number of likely N-dealkylation sites (tertiary alicyclic amines) is 1. The Morgan fingerprint density at radius 2 is 2.47 bits per heavy atom. The van der Waals surface area contributed by atoms with Crippen molar-refractivity contribution in [2.45, 2.75) is 38.6 Å². The summed E-state index contributed by atoms with van der Waals surface area (Å²) in [5, 5.41) is 12.9. The molecule has 0 unspecified atom stereocenters. The minimum Gasteiger partial charge on any atom is -0.480 e. The number of aromatic nitrogens is 1. The molecule has 1 atom stereocenters. The molecule has 1 aliphatic rings. The number of carboxylic acid groups (broad SMARTS) is 1. The van der Waals surface area contributed by atoms with Gasteiger partial charge in [0.1, 0.15) is 0 Å². The number of hydrogen-bond acceptors (Lipinski definition) is 4. The molecule has 17 heavy (non-hydrogen) atoms. The van der Waals surface area contributed by atoms with Crippen molar-refractivity contribution in [1.29, 1.82) is 0 Å². The van der Waals surface area contributed by atoms with Crippen LogP contribution in [0.25, 0.3) is 0 Å². The first kappa shape index (κ1) is 12.1. The third-order valence-corrected chi connectivity index (χ3v) is 3.17. The van der Waals surface area contributed by atoms with Crippen LogP contribution in [0.3, 0.4) is 0 Å². The van der Waals surface area contributed by atoms with E-state index in [2.05, 4.69) is 19.0 Å². The van der Waals surface area contributed by atoms with Gasteiger partial charge in [0.25, 0.3) is 0 Å². The Morgan fingerprint density at radius 1 is 1.71 bits per heavy atom. The van der Waals surface area contributed by atoms with Crippen molar-refractivity contribution in [3.8, 4) is 0 Å². The minimum atomic E-state index is -0.791. The molecule has 2 heterocycles. The van der Waals surface area contributed by atoms with Crippen molar-refractivity contribution < 1.29 is 14.4 Å². The van der Waals surface area contributed by atoms with Gasteiger partial charge in [-0.15, -0.1) is 0 Å². The molecule has 0 saturated carbocycles. The summed E-state index contributed by atoms with van der Waals surface area (Å²) >= 11 is 0. The zero-order valence-corrected chi connectivity index (χ0v) is 10.2. The molecule has 1 aliphatic heterocycles. The maximum atomic E-state index is 10.8. The van der Waals surface area contributed by atoms with Crippen molar-refractivity contribution in [2.24, 2.45) is 0 Å². The number of hydrogen-bond donors (Lipinski definition) is 1. The van der Waals surface area contributed by atoms with Crippen molar-refractivity contribution in [1.82, 2.24) is 10.1 Å². The highest BCUT2D eigenvalue weighted by Crippen LogP contribution is 2.32. The topological polar surface area (TPSA) is 66.6 Å². The normalized spacial score (nSPS) is 21.2. The summed E-state index contributed by atoms with van der Waals surface area (Å²) in [5.74, 6) is 0.342. The second kappa shape index (κ2) is 4.87. The molecule has 0 radical (unpaired) electrons. The molecule has 0 aromatic carbocycles. The van der Waals surface area contributed by atoms with Crippen LogP contribution in [0.5, 0.6) is 0 Å². The van der Waals surface area contributed by atoms with Crippen LogP contribution in [-0.2, 0) is 4.79 Å². The Bertz CT molecular complexity index is 400. The number of nitrogens with zero attached hydrogens (tertiary/aromatic N) is 2. The SMILES string of the molecule is CC(C)c1cc([C@H]2CCCN2CC(=O)O)on1. The Morgan fingerprint density at radius 3 is 3.06 bits per heavy atom. The van der Waals surface area contributed by atoms with E-state index >= 15 is 0 Å². The van der Waals surface area contributed by atoms with Crippen LogP contribution < -0.4 is 0 Å². The largest absolute Gasteiger partial charge is 0.480 e. The van der Waals surface area contributed by atoms with E-state index in [9.17, 15) is 4.79 Å². The standard InChI is InChI=1S/C12H18N2O3/c1-8(2)9-6-11(17-13-9)10-4-3-5-14(10)7-12(15)16/h6,8,10H,3-5,7H2,1-2H3,(H,15,16)/t10-/m1/s1. The number of carbonyl (C=O) groups is 1. The highest BCUT2D eigenvalue weighted by Gasteiger charge is 2.30. The van der Waals surface area contributed by atoms with Gasteiger partial charge in [-0.25, -0.2) is 0 Å². The molecule has 1 saturated heterocycles. The maximum Gasteiger partial charge on any atom is 0.317 e. The fraction of sp³-hybridized carbons (Fsp3) is 0.667. The molecular weight excluding hydrogens is 220 g/mol. The average molecular weight is 238 g/mol. The Labute approximate surface area is 100 Å². The quantitative estimate of drug-likeness (QED) is 0.869. The average Bonchev–Trinajstić information content (AvgIpc) is 2.83. The van der Waals surface area contributed by atoms with Crippen molar-refractivity contribution in [3.05, 3.63) is 17.5 Å². The van der Waals surface area contributed by atoms with Gasteiger partial charge in [0, 0.05) is 6.07 Å². The zero-order valence-electron chi connectivity index (χ0n) is 10.2. The fourth-order valence-corrected chi connectivity index (χ4v) is 2.24. The van der Waals surface area contributed by atoms with Gasteiger partial charge in [-0.3, -0.25) is 9.69 Å². The molecule has 0 spiro atoms. The first-order valence-corrected chi connectivity index (χ1v) is 6.00. The highest BCUT2D eigenvalue weighted by molar-refractivity contribution is 5.69. The highest BCUT2D eigenvalue weighted by atomic mass is 16.5. The van der Waals surface area contributed by atoms with Crippen LogP contribution >= 0.6 is 0 Å². The lowest BCUT2D eigenvalue weighted by atomic mass is 10.1. The number of aliphatic carboxylic acids is 1. The molecule has 94 valence electrons. The van der Waals surface area contributed by atoms with Gasteiger partial charge in [-0.05, 0) is 25.3 Å². The van der Waals surface area contributed by atoms with Gasteiger partial charge >= 0.3 is 5.97 Å². The molecule has 0 bridgehead atoms. The van der Waals surface area contributed by atoms with E-state index in [-0.39, 0.29) is 12.6 Å². The van der Waals surface area contributed by atoms with E-state index in [0.29, 0.717) is 5.92 Å². The second-order valence-corrected chi connectivity index (χ2v) is 4.83. The van der Waals surface area contributed by atoms with E-state index in [1.807, 2.05) is 11.0 Å². The smallest absolute Gasteiger partial charge is 0.317 e. The molecule has 0 amide bonds. The van der Waals surface area contributed by atoms with Crippen LogP contribution in [0.15, 0.2) is 10.6 Å². The summed E-state index contributed by atoms with van der Waals surface area (Å²) in [5.41, 5.74) is 0.933. The summed E-state index contributed by atoms with van der Waals surface area (Å²) in [6.07, 6.45) is 1.95. The van der Waals surface area contributed by atoms with Gasteiger partial charge in [0.05, 0.1) is 18.3 Å². The maximum absolute atomic E-state index is 10.8. The van der Waals surface area contributed by atoms with Crippen LogP contribution in [0.1, 0.15) is 50.1 Å². The van der Waals surface area contributed by atoms with Crippen molar-refractivity contribution in [2.75, 3.05) is 13.1 Å². The summed E-state index contributed by atoms with van der Waals surface area (Å²) in [6, 6.07) is 2.03. The molecular formula is C12H18N2O3. The van der Waals surface area contributed by atoms with Crippen LogP contribution in [-0.4, -0.2) is 34.2 Å². The first-order valence-electron chi connectivity index (χ1n) is 6.00. The van der Waals surface area contributed by atoms with Gasteiger partial charge in [-0.2, -0.15) is 0 Å². The lowest BCUT2D eigenvalue weighted by molar-refractivity contribution is -0.138. The third kappa shape index (κ3) is 2.66. The Kier molecular flexibility index (Phi) is 3.47. The van der Waals surface area contributed by atoms with Gasteiger partial charge in [0.2, 0.25) is 0 Å². The van der Waals surface area contributed by atoms with Crippen LogP contribution in [0.4, 0.5) is 0 Å². The lowest BCUT2D eigenvalue weighted by Gasteiger charge is -2.19. The van der Waals surface area contributed by atoms with Crippen LogP contribution in [0, 0.1) is 0 Å². The molecule has 5 nitrogen and oxygen atoms in total. The second-order valence-electron chi connectivity index (χ2n) is 4.83. The fourth-order valence-electron chi connectivity index (χ4n) is 2.24. The lowest BCUT2D eigenvalue weighted by Crippen LogP contribution is -2.29. The van der Waals surface area contributed by atoms with Crippen LogP contribution in [0.2, 0.25) is 0 Å². The van der Waals surface area contributed by atoms with Gasteiger partial charge in [-0.1, -0.05) is 19.0 Å². The summed E-state index contributed by atoms with van der Waals surface area (Å²) < 4.78 is 5.34. The monoisotopic (exact) mass is 238 g/mol. The zero-order chi connectivity index (χ0) is 12.4. The third-order valence-electron chi connectivity index (χ3n) is 3.17. The van der Waals surface area contributed by atoms with E-state index < -0.39 is 5.97 Å². The van der Waals surface area contributed by atoms with Crippen molar-refractivity contribution >= 4 is 5.97 Å². The molecule has 5 heteroatoms. The molecule has 1 aromatic rings. The molecule has 2 rings (SSSR count). The predicted molar refractivity (Wildman–Crippen MR) is 61.8 cm³/mol. The number of rotatable bonds is 4. The minimum absolute atomic E-state index is 0.0718. The Balaban J connectivity index is 2.11. The first-order chi connectivity index (χ1) is 8.08. The summed E-state index contributed by atoms with van der Waals surface area (Å²) in [7, 11) is 0. The molecule has 1 fully saturated rings. The molecule has 1 N–H and O–H groups in total. The molecule has 0 aliphatic carbocycles. The van der Waals surface area contributed by atoms with E-state index in [1.54, 1.807) is 0 Å². The predicted octanol–water partition coefficient (Wildman–Crippen LogP) is 2.02. The van der Waals surface area contributed by atoms with E-state index in [1.165, 1.54) is 0 Å². The summed E-state index contributed by atoms with van der Waals surface area (Å²) in [4.78, 5) is 12.7. The summed E-state index contributed by atoms with van der Waals surface area (Å²) in [6.45, 7) is 5.01. The van der Waals surface area contributed by atoms with Crippen molar-refractivity contribution in [3.63, 3.8) is 0 Å². The van der Waals surface area contributed by atoms with E-state index in [0.717, 1.165) is 30.8 Å². The van der Waals surface area contributed by atoms with E-state index in [4.69, 9.17) is 9.63 Å². The number of carboxylic acids is 1. The molecule has 1 aromatic heterocycles.